The summed E-state index contributed by atoms with van der Waals surface area (Å²) in [5, 5.41) is 3.46. The average molecular weight is 313 g/mol. The Balaban J connectivity index is 1.58. The Bertz CT molecular complexity index is 794. The van der Waals surface area contributed by atoms with E-state index in [1.165, 1.54) is 5.56 Å². The fourth-order valence-corrected chi connectivity index (χ4v) is 2.53. The zero-order chi connectivity index (χ0) is 15.4. The summed E-state index contributed by atoms with van der Waals surface area (Å²) in [6.07, 6.45) is 0. The molecule has 0 amide bonds. The lowest BCUT2D eigenvalue weighted by molar-refractivity contribution is 0.275. The van der Waals surface area contributed by atoms with E-state index in [0.29, 0.717) is 11.4 Å². The molecule has 3 rings (SSSR count). The highest BCUT2D eigenvalue weighted by atomic mass is 32.1. The molecule has 0 aliphatic carbocycles. The molecular weight excluding hydrogens is 294 g/mol. The molecule has 0 aliphatic rings. The standard InChI is InChI=1S/C17H19N3OS/c1-12(18-10-13-6-3-2-4-7-13)11-21-15-9-5-8-14-16(15)20-17(22)19-14/h2-9,12,18H,10-11H2,1H3,(H2,19,20,22). The zero-order valence-corrected chi connectivity index (χ0v) is 13.2. The topological polar surface area (TPSA) is 52.8 Å². The number of aromatic nitrogens is 2. The highest BCUT2D eigenvalue weighted by Gasteiger charge is 2.07. The monoisotopic (exact) mass is 313 g/mol. The van der Waals surface area contributed by atoms with Crippen molar-refractivity contribution in [3.63, 3.8) is 0 Å². The molecule has 0 aliphatic heterocycles. The maximum absolute atomic E-state index is 5.92. The van der Waals surface area contributed by atoms with Gasteiger partial charge in [0.25, 0.3) is 0 Å². The van der Waals surface area contributed by atoms with Crippen molar-refractivity contribution in [1.29, 1.82) is 0 Å². The molecule has 4 nitrogen and oxygen atoms in total. The minimum Gasteiger partial charge on any atom is -0.490 e. The summed E-state index contributed by atoms with van der Waals surface area (Å²) in [5.41, 5.74) is 3.15. The van der Waals surface area contributed by atoms with Crippen LogP contribution in [0.3, 0.4) is 0 Å². The summed E-state index contributed by atoms with van der Waals surface area (Å²) in [7, 11) is 0. The van der Waals surface area contributed by atoms with Gasteiger partial charge in [-0.15, -0.1) is 0 Å². The zero-order valence-electron chi connectivity index (χ0n) is 12.4. The largest absolute Gasteiger partial charge is 0.490 e. The molecule has 2 aromatic carbocycles. The van der Waals surface area contributed by atoms with Crippen molar-refractivity contribution in [2.75, 3.05) is 6.61 Å². The first-order valence-corrected chi connectivity index (χ1v) is 7.74. The van der Waals surface area contributed by atoms with E-state index in [9.17, 15) is 0 Å². The van der Waals surface area contributed by atoms with E-state index in [-0.39, 0.29) is 6.04 Å². The van der Waals surface area contributed by atoms with Gasteiger partial charge in [0.2, 0.25) is 0 Å². The highest BCUT2D eigenvalue weighted by molar-refractivity contribution is 7.71. The number of rotatable bonds is 6. The molecule has 3 N–H and O–H groups in total. The van der Waals surface area contributed by atoms with Crippen LogP contribution in [0.15, 0.2) is 48.5 Å². The first-order valence-electron chi connectivity index (χ1n) is 7.33. The van der Waals surface area contributed by atoms with Crippen LogP contribution < -0.4 is 10.1 Å². The Morgan fingerprint density at radius 2 is 1.91 bits per heavy atom. The van der Waals surface area contributed by atoms with Gasteiger partial charge in [-0.25, -0.2) is 0 Å². The second-order valence-electron chi connectivity index (χ2n) is 5.34. The molecule has 1 atom stereocenters. The molecule has 114 valence electrons. The number of para-hydroxylation sites is 1. The quantitative estimate of drug-likeness (QED) is 0.607. The number of hydrogen-bond acceptors (Lipinski definition) is 3. The third kappa shape index (κ3) is 3.55. The van der Waals surface area contributed by atoms with Crippen LogP contribution in [0.1, 0.15) is 12.5 Å². The smallest absolute Gasteiger partial charge is 0.175 e. The van der Waals surface area contributed by atoms with Crippen LogP contribution in [0.5, 0.6) is 5.75 Å². The number of ether oxygens (including phenoxy) is 1. The first kappa shape index (κ1) is 14.8. The molecule has 0 radical (unpaired) electrons. The van der Waals surface area contributed by atoms with Gasteiger partial charge in [0, 0.05) is 12.6 Å². The third-order valence-electron chi connectivity index (χ3n) is 3.50. The van der Waals surface area contributed by atoms with Crippen molar-refractivity contribution in [1.82, 2.24) is 15.3 Å². The van der Waals surface area contributed by atoms with Crippen LogP contribution in [0, 0.1) is 4.77 Å². The van der Waals surface area contributed by atoms with E-state index in [1.807, 2.05) is 36.4 Å². The van der Waals surface area contributed by atoms with Crippen molar-refractivity contribution in [2.45, 2.75) is 19.5 Å². The molecule has 1 heterocycles. The van der Waals surface area contributed by atoms with Crippen molar-refractivity contribution >= 4 is 23.3 Å². The molecule has 0 fully saturated rings. The van der Waals surface area contributed by atoms with Crippen LogP contribution in [0.4, 0.5) is 0 Å². The average Bonchev–Trinajstić information content (AvgIpc) is 2.92. The third-order valence-corrected chi connectivity index (χ3v) is 3.70. The minimum absolute atomic E-state index is 0.248. The van der Waals surface area contributed by atoms with Gasteiger partial charge in [0.1, 0.15) is 17.9 Å². The molecular formula is C17H19N3OS. The number of imidazole rings is 1. The van der Waals surface area contributed by atoms with Gasteiger partial charge in [0.05, 0.1) is 5.52 Å². The molecule has 0 saturated heterocycles. The molecule has 0 bridgehead atoms. The second kappa shape index (κ2) is 6.77. The fourth-order valence-electron chi connectivity index (χ4n) is 2.31. The molecule has 0 spiro atoms. The van der Waals surface area contributed by atoms with Crippen molar-refractivity contribution < 1.29 is 4.74 Å². The summed E-state index contributed by atoms with van der Waals surface area (Å²) < 4.78 is 6.54. The summed E-state index contributed by atoms with van der Waals surface area (Å²) in [5.74, 6) is 0.818. The first-order chi connectivity index (χ1) is 10.7. The van der Waals surface area contributed by atoms with Crippen LogP contribution in [-0.4, -0.2) is 22.6 Å². The Morgan fingerprint density at radius 1 is 1.09 bits per heavy atom. The Labute approximate surface area is 134 Å². The van der Waals surface area contributed by atoms with Gasteiger partial charge >= 0.3 is 0 Å². The summed E-state index contributed by atoms with van der Waals surface area (Å²) in [6.45, 7) is 3.54. The van der Waals surface area contributed by atoms with Crippen LogP contribution >= 0.6 is 12.2 Å². The molecule has 3 aromatic rings. The summed E-state index contributed by atoms with van der Waals surface area (Å²) in [4.78, 5) is 6.22. The molecule has 1 aromatic heterocycles. The minimum atomic E-state index is 0.248. The normalized spacial score (nSPS) is 12.4. The van der Waals surface area contributed by atoms with Crippen LogP contribution in [-0.2, 0) is 6.54 Å². The van der Waals surface area contributed by atoms with Gasteiger partial charge in [-0.05, 0) is 36.8 Å². The van der Waals surface area contributed by atoms with E-state index in [1.54, 1.807) is 0 Å². The molecule has 5 heteroatoms. The van der Waals surface area contributed by atoms with Gasteiger partial charge in [-0.1, -0.05) is 36.4 Å². The maximum Gasteiger partial charge on any atom is 0.175 e. The molecule has 22 heavy (non-hydrogen) atoms. The van der Waals surface area contributed by atoms with Crippen molar-refractivity contribution in [2.24, 2.45) is 0 Å². The second-order valence-corrected chi connectivity index (χ2v) is 5.74. The SMILES string of the molecule is CC(COc1cccc2[nH]c(=S)[nH]c12)NCc1ccccc1. The maximum atomic E-state index is 5.92. The predicted octanol–water partition coefficient (Wildman–Crippen LogP) is 3.78. The lowest BCUT2D eigenvalue weighted by Gasteiger charge is -2.15. The van der Waals surface area contributed by atoms with Gasteiger partial charge in [-0.2, -0.15) is 0 Å². The van der Waals surface area contributed by atoms with E-state index in [2.05, 4.69) is 34.3 Å². The summed E-state index contributed by atoms with van der Waals surface area (Å²) >= 11 is 5.13. The van der Waals surface area contributed by atoms with Gasteiger partial charge in [0.15, 0.2) is 4.77 Å². The Hall–Kier alpha value is -2.11. The highest BCUT2D eigenvalue weighted by Crippen LogP contribution is 2.22. The van der Waals surface area contributed by atoms with E-state index in [0.717, 1.165) is 23.3 Å². The van der Waals surface area contributed by atoms with Crippen LogP contribution in [0.25, 0.3) is 11.0 Å². The number of hydrogen-bond donors (Lipinski definition) is 3. The Morgan fingerprint density at radius 3 is 2.73 bits per heavy atom. The summed E-state index contributed by atoms with van der Waals surface area (Å²) in [6, 6.07) is 16.5. The van der Waals surface area contributed by atoms with E-state index < -0.39 is 0 Å². The molecule has 0 saturated carbocycles. The van der Waals surface area contributed by atoms with Gasteiger partial charge < -0.3 is 20.0 Å². The number of nitrogens with one attached hydrogen (secondary N) is 3. The fraction of sp³-hybridized carbons (Fsp3) is 0.235. The van der Waals surface area contributed by atoms with Crippen molar-refractivity contribution in [3.8, 4) is 5.75 Å². The number of H-pyrrole nitrogens is 2. The van der Waals surface area contributed by atoms with E-state index >= 15 is 0 Å². The Kier molecular flexibility index (Phi) is 4.56. The molecule has 1 unspecified atom stereocenters. The number of aromatic amines is 2. The number of benzene rings is 2. The predicted molar refractivity (Wildman–Crippen MR) is 91.7 cm³/mol. The van der Waals surface area contributed by atoms with Crippen molar-refractivity contribution in [3.05, 3.63) is 58.9 Å². The lowest BCUT2D eigenvalue weighted by atomic mass is 10.2. The van der Waals surface area contributed by atoms with Gasteiger partial charge in [-0.3, -0.25) is 0 Å². The van der Waals surface area contributed by atoms with Crippen LogP contribution in [0.2, 0.25) is 0 Å². The number of fused-ring (bicyclic) bond motifs is 1. The van der Waals surface area contributed by atoms with E-state index in [4.69, 9.17) is 17.0 Å². The lowest BCUT2D eigenvalue weighted by Crippen LogP contribution is -2.31.